The molecule has 1 N–H and O–H groups in total. The Kier molecular flexibility index (Phi) is 3.95. The summed E-state index contributed by atoms with van der Waals surface area (Å²) < 4.78 is 18.4. The van der Waals surface area contributed by atoms with Gasteiger partial charge in [0.05, 0.1) is 25.4 Å². The molecule has 0 radical (unpaired) electrons. The first-order valence-corrected chi connectivity index (χ1v) is 7.38. The van der Waals surface area contributed by atoms with E-state index in [4.69, 9.17) is 4.74 Å². The Morgan fingerprint density at radius 1 is 1.43 bits per heavy atom. The minimum Gasteiger partial charge on any atom is -0.394 e. The van der Waals surface area contributed by atoms with Crippen molar-refractivity contribution in [3.8, 4) is 0 Å². The number of hydrogen-bond donors (Lipinski definition) is 1. The van der Waals surface area contributed by atoms with Gasteiger partial charge in [0.2, 0.25) is 5.91 Å². The van der Waals surface area contributed by atoms with E-state index in [1.165, 1.54) is 12.1 Å². The molecule has 114 valence electrons. The van der Waals surface area contributed by atoms with Crippen LogP contribution in [0.1, 0.15) is 24.8 Å². The van der Waals surface area contributed by atoms with Crippen molar-refractivity contribution in [1.82, 2.24) is 4.90 Å². The number of carbonyl (C=O) groups excluding carboxylic acids is 1. The summed E-state index contributed by atoms with van der Waals surface area (Å²) in [6.07, 6.45) is 0.534. The second-order valence-electron chi connectivity index (χ2n) is 5.98. The van der Waals surface area contributed by atoms with Gasteiger partial charge in [0.1, 0.15) is 5.82 Å². The molecule has 21 heavy (non-hydrogen) atoms. The molecule has 0 spiro atoms. The molecule has 2 aliphatic rings. The zero-order chi connectivity index (χ0) is 15.0. The number of benzene rings is 1. The molecule has 2 fully saturated rings. The number of rotatable bonds is 3. The van der Waals surface area contributed by atoms with E-state index in [1.807, 2.05) is 11.8 Å². The summed E-state index contributed by atoms with van der Waals surface area (Å²) in [7, 11) is 0. The van der Waals surface area contributed by atoms with Crippen LogP contribution in [0.3, 0.4) is 0 Å². The van der Waals surface area contributed by atoms with Crippen LogP contribution in [0.15, 0.2) is 24.3 Å². The van der Waals surface area contributed by atoms with Crippen LogP contribution in [0.25, 0.3) is 0 Å². The highest BCUT2D eigenvalue weighted by Gasteiger charge is 2.47. The van der Waals surface area contributed by atoms with Crippen molar-refractivity contribution < 1.29 is 19.0 Å². The highest BCUT2D eigenvalue weighted by atomic mass is 19.1. The van der Waals surface area contributed by atoms with E-state index in [-0.39, 0.29) is 42.3 Å². The lowest BCUT2D eigenvalue weighted by Crippen LogP contribution is -2.52. The van der Waals surface area contributed by atoms with Gasteiger partial charge in [-0.25, -0.2) is 4.39 Å². The van der Waals surface area contributed by atoms with Crippen LogP contribution in [0.5, 0.6) is 0 Å². The Balaban J connectivity index is 1.65. The van der Waals surface area contributed by atoms with Crippen molar-refractivity contribution in [3.63, 3.8) is 0 Å². The standard InChI is InChI=1S/C16H20FNO3/c1-10-9-21-13(8-19)7-18(10)16(20)15-6-14(15)11-2-4-12(17)5-3-11/h2-5,10,13-15,19H,6-9H2,1H3. The Morgan fingerprint density at radius 2 is 2.14 bits per heavy atom. The number of aliphatic hydroxyl groups excluding tert-OH is 1. The first-order chi connectivity index (χ1) is 10.1. The third-order valence-corrected chi connectivity index (χ3v) is 4.40. The van der Waals surface area contributed by atoms with Gasteiger partial charge in [-0.05, 0) is 37.0 Å². The highest BCUT2D eigenvalue weighted by molar-refractivity contribution is 5.83. The molecule has 1 aliphatic heterocycles. The van der Waals surface area contributed by atoms with Crippen LogP contribution in [-0.4, -0.2) is 47.8 Å². The normalized spacial score (nSPS) is 32.0. The van der Waals surface area contributed by atoms with E-state index in [9.17, 15) is 14.3 Å². The Labute approximate surface area is 123 Å². The smallest absolute Gasteiger partial charge is 0.226 e. The predicted octanol–water partition coefficient (Wildman–Crippen LogP) is 1.54. The van der Waals surface area contributed by atoms with Crippen LogP contribution in [-0.2, 0) is 9.53 Å². The van der Waals surface area contributed by atoms with Crippen molar-refractivity contribution in [2.24, 2.45) is 5.92 Å². The maximum atomic E-state index is 12.9. The van der Waals surface area contributed by atoms with Crippen LogP contribution < -0.4 is 0 Å². The molecule has 0 aromatic heterocycles. The first-order valence-electron chi connectivity index (χ1n) is 7.38. The minimum absolute atomic E-state index is 0.0182. The van der Waals surface area contributed by atoms with E-state index < -0.39 is 0 Å². The Bertz CT molecular complexity index is 519. The molecule has 1 saturated carbocycles. The van der Waals surface area contributed by atoms with Gasteiger partial charge in [0.25, 0.3) is 0 Å². The molecule has 1 aromatic rings. The van der Waals surface area contributed by atoms with Gasteiger partial charge in [-0.15, -0.1) is 0 Å². The fourth-order valence-corrected chi connectivity index (χ4v) is 2.99. The van der Waals surface area contributed by atoms with Crippen molar-refractivity contribution >= 4 is 5.91 Å². The Hall–Kier alpha value is -1.46. The monoisotopic (exact) mass is 293 g/mol. The number of aliphatic hydroxyl groups is 1. The number of amides is 1. The van der Waals surface area contributed by atoms with E-state index >= 15 is 0 Å². The van der Waals surface area contributed by atoms with Crippen molar-refractivity contribution in [2.75, 3.05) is 19.8 Å². The van der Waals surface area contributed by atoms with Gasteiger partial charge in [-0.1, -0.05) is 12.1 Å². The number of morpholine rings is 1. The predicted molar refractivity (Wildman–Crippen MR) is 75.2 cm³/mol. The third kappa shape index (κ3) is 2.94. The average molecular weight is 293 g/mol. The second kappa shape index (κ2) is 5.73. The van der Waals surface area contributed by atoms with Crippen molar-refractivity contribution in [1.29, 1.82) is 0 Å². The molecular weight excluding hydrogens is 273 g/mol. The lowest BCUT2D eigenvalue weighted by molar-refractivity contribution is -0.147. The zero-order valence-corrected chi connectivity index (χ0v) is 12.0. The number of nitrogens with zero attached hydrogens (tertiary/aromatic N) is 1. The van der Waals surface area contributed by atoms with Crippen LogP contribution in [0, 0.1) is 11.7 Å². The summed E-state index contributed by atoms with van der Waals surface area (Å²) in [4.78, 5) is 14.4. The lowest BCUT2D eigenvalue weighted by Gasteiger charge is -2.37. The summed E-state index contributed by atoms with van der Waals surface area (Å²) in [6.45, 7) is 2.80. The SMILES string of the molecule is CC1COC(CO)CN1C(=O)C1CC1c1ccc(F)cc1. The molecule has 1 amide bonds. The molecule has 1 heterocycles. The minimum atomic E-state index is -0.284. The van der Waals surface area contributed by atoms with Gasteiger partial charge >= 0.3 is 0 Å². The number of halogens is 1. The van der Waals surface area contributed by atoms with Gasteiger partial charge in [-0.3, -0.25) is 4.79 Å². The molecule has 4 nitrogen and oxygen atoms in total. The molecule has 3 rings (SSSR count). The van der Waals surface area contributed by atoms with Crippen molar-refractivity contribution in [3.05, 3.63) is 35.6 Å². The summed E-state index contributed by atoms with van der Waals surface area (Å²) in [5.74, 6) is 0.0458. The van der Waals surface area contributed by atoms with E-state index in [1.54, 1.807) is 12.1 Å². The topological polar surface area (TPSA) is 49.8 Å². The summed E-state index contributed by atoms with van der Waals surface area (Å²) in [5, 5.41) is 9.19. The highest BCUT2D eigenvalue weighted by Crippen LogP contribution is 2.48. The summed E-state index contributed by atoms with van der Waals surface area (Å²) in [5.41, 5.74) is 1.02. The van der Waals surface area contributed by atoms with Gasteiger partial charge in [0.15, 0.2) is 0 Å². The molecular formula is C16H20FNO3. The van der Waals surface area contributed by atoms with E-state index in [2.05, 4.69) is 0 Å². The van der Waals surface area contributed by atoms with Gasteiger partial charge in [0, 0.05) is 12.5 Å². The molecule has 1 saturated heterocycles. The lowest BCUT2D eigenvalue weighted by atomic mass is 10.1. The molecule has 4 atom stereocenters. The van der Waals surface area contributed by atoms with E-state index in [0.717, 1.165) is 12.0 Å². The second-order valence-corrected chi connectivity index (χ2v) is 5.98. The van der Waals surface area contributed by atoms with E-state index in [0.29, 0.717) is 13.2 Å². The summed E-state index contributed by atoms with van der Waals surface area (Å²) >= 11 is 0. The fourth-order valence-electron chi connectivity index (χ4n) is 2.99. The molecule has 1 aromatic carbocycles. The third-order valence-electron chi connectivity index (χ3n) is 4.40. The quantitative estimate of drug-likeness (QED) is 0.919. The summed E-state index contributed by atoms with van der Waals surface area (Å²) in [6, 6.07) is 6.43. The largest absolute Gasteiger partial charge is 0.394 e. The number of ether oxygens (including phenoxy) is 1. The van der Waals surface area contributed by atoms with Crippen LogP contribution >= 0.6 is 0 Å². The van der Waals surface area contributed by atoms with Gasteiger partial charge < -0.3 is 14.7 Å². The number of carbonyl (C=O) groups is 1. The van der Waals surface area contributed by atoms with Crippen LogP contribution in [0.4, 0.5) is 4.39 Å². The molecule has 5 heteroatoms. The maximum Gasteiger partial charge on any atom is 0.226 e. The van der Waals surface area contributed by atoms with Crippen LogP contribution in [0.2, 0.25) is 0 Å². The maximum absolute atomic E-state index is 12.9. The fraction of sp³-hybridized carbons (Fsp3) is 0.562. The average Bonchev–Trinajstić information content (AvgIpc) is 3.28. The molecule has 4 unspecified atom stereocenters. The van der Waals surface area contributed by atoms with Crippen molar-refractivity contribution in [2.45, 2.75) is 31.4 Å². The molecule has 1 aliphatic carbocycles. The first kappa shape index (κ1) is 14.5. The zero-order valence-electron chi connectivity index (χ0n) is 12.0. The Morgan fingerprint density at radius 3 is 2.81 bits per heavy atom. The molecule has 0 bridgehead atoms. The number of hydrogen-bond acceptors (Lipinski definition) is 3. The van der Waals surface area contributed by atoms with Gasteiger partial charge in [-0.2, -0.15) is 0 Å².